The molecule has 0 amide bonds. The molecule has 0 aliphatic heterocycles. The molecule has 1 aromatic heterocycles. The van der Waals surface area contributed by atoms with Gasteiger partial charge in [0, 0.05) is 11.6 Å². The number of nitrogens with one attached hydrogen (secondary N) is 1. The number of aryl methyl sites for hydroxylation is 2. The highest BCUT2D eigenvalue weighted by molar-refractivity contribution is 6.31. The van der Waals surface area contributed by atoms with E-state index in [1.165, 1.54) is 6.20 Å². The molecule has 1 N–H and O–H groups in total. The third kappa shape index (κ3) is 1.32. The lowest BCUT2D eigenvalue weighted by Gasteiger charge is -2.03. The van der Waals surface area contributed by atoms with Gasteiger partial charge in [-0.15, -0.1) is 0 Å². The molecule has 0 aliphatic carbocycles. The van der Waals surface area contributed by atoms with E-state index in [1.54, 1.807) is 0 Å². The van der Waals surface area contributed by atoms with Gasteiger partial charge >= 0.3 is 0 Å². The minimum atomic E-state index is -0.104. The van der Waals surface area contributed by atoms with Gasteiger partial charge in [0.25, 0.3) is 0 Å². The lowest BCUT2D eigenvalue weighted by molar-refractivity contribution is 1.33. The van der Waals surface area contributed by atoms with Gasteiger partial charge in [0.05, 0.1) is 5.52 Å². The average molecular weight is 208 g/mol. The van der Waals surface area contributed by atoms with Gasteiger partial charge in [-0.1, -0.05) is 17.7 Å². The summed E-state index contributed by atoms with van der Waals surface area (Å²) in [6.07, 6.45) is 1.54. The second-order valence-corrected chi connectivity index (χ2v) is 3.88. The number of benzene rings is 1. The third-order valence-corrected chi connectivity index (χ3v) is 2.57. The van der Waals surface area contributed by atoms with Crippen LogP contribution in [-0.2, 0) is 0 Å². The maximum absolute atomic E-state index is 11.7. The number of fused-ring (bicyclic) bond motifs is 1. The van der Waals surface area contributed by atoms with Crippen molar-refractivity contribution in [2.45, 2.75) is 13.8 Å². The zero-order valence-corrected chi connectivity index (χ0v) is 8.77. The molecule has 0 atom stereocenters. The maximum atomic E-state index is 11.7. The van der Waals surface area contributed by atoms with E-state index in [1.807, 2.05) is 26.0 Å². The normalized spacial score (nSPS) is 10.8. The van der Waals surface area contributed by atoms with Crippen molar-refractivity contribution in [1.29, 1.82) is 0 Å². The van der Waals surface area contributed by atoms with E-state index < -0.39 is 0 Å². The Hall–Kier alpha value is -1.28. The third-order valence-electron chi connectivity index (χ3n) is 2.28. The first-order valence-corrected chi connectivity index (χ1v) is 4.75. The van der Waals surface area contributed by atoms with E-state index in [0.29, 0.717) is 5.39 Å². The molecule has 1 heterocycles. The van der Waals surface area contributed by atoms with Gasteiger partial charge in [0.1, 0.15) is 5.02 Å². The van der Waals surface area contributed by atoms with Crippen LogP contribution in [0, 0.1) is 13.8 Å². The molecule has 1 aromatic carbocycles. The number of H-pyrrole nitrogens is 1. The SMILES string of the molecule is Cc1cc(C)c2[nH]cc(Cl)c(=O)c2c1. The van der Waals surface area contributed by atoms with E-state index in [9.17, 15) is 4.79 Å². The zero-order chi connectivity index (χ0) is 10.3. The first-order valence-electron chi connectivity index (χ1n) is 4.38. The van der Waals surface area contributed by atoms with Crippen LogP contribution in [0.25, 0.3) is 10.9 Å². The van der Waals surface area contributed by atoms with Crippen LogP contribution in [0.1, 0.15) is 11.1 Å². The van der Waals surface area contributed by atoms with Crippen molar-refractivity contribution < 1.29 is 0 Å². The Bertz CT molecular complexity index is 557. The summed E-state index contributed by atoms with van der Waals surface area (Å²) in [6.45, 7) is 3.94. The minimum Gasteiger partial charge on any atom is -0.359 e. The summed E-state index contributed by atoms with van der Waals surface area (Å²) in [7, 11) is 0. The van der Waals surface area contributed by atoms with Crippen LogP contribution in [0.3, 0.4) is 0 Å². The van der Waals surface area contributed by atoms with Crippen LogP contribution < -0.4 is 5.43 Å². The molecule has 2 nitrogen and oxygen atoms in total. The number of hydrogen-bond acceptors (Lipinski definition) is 1. The molecule has 72 valence electrons. The van der Waals surface area contributed by atoms with Gasteiger partial charge in [0.15, 0.2) is 0 Å². The molecule has 14 heavy (non-hydrogen) atoms. The molecular formula is C11H10ClNO. The Morgan fingerprint density at radius 1 is 1.29 bits per heavy atom. The average Bonchev–Trinajstić information content (AvgIpc) is 2.12. The van der Waals surface area contributed by atoms with Crippen LogP contribution in [0.5, 0.6) is 0 Å². The van der Waals surface area contributed by atoms with E-state index in [4.69, 9.17) is 11.6 Å². The molecule has 2 aromatic rings. The Labute approximate surface area is 86.5 Å². The molecule has 0 aliphatic rings. The van der Waals surface area contributed by atoms with E-state index in [2.05, 4.69) is 4.98 Å². The van der Waals surface area contributed by atoms with Gasteiger partial charge < -0.3 is 4.98 Å². The summed E-state index contributed by atoms with van der Waals surface area (Å²) in [6, 6.07) is 3.89. The van der Waals surface area contributed by atoms with Crippen LogP contribution in [0.15, 0.2) is 23.1 Å². The molecule has 0 spiro atoms. The molecule has 0 bridgehead atoms. The number of hydrogen-bond donors (Lipinski definition) is 1. The van der Waals surface area contributed by atoms with E-state index in [-0.39, 0.29) is 10.5 Å². The smallest absolute Gasteiger partial charge is 0.207 e. The van der Waals surface area contributed by atoms with Crippen molar-refractivity contribution in [3.8, 4) is 0 Å². The topological polar surface area (TPSA) is 32.9 Å². The molecule has 2 rings (SSSR count). The molecule has 0 fully saturated rings. The second kappa shape index (κ2) is 3.14. The lowest BCUT2D eigenvalue weighted by Crippen LogP contribution is -2.04. The molecular weight excluding hydrogens is 198 g/mol. The first kappa shape index (κ1) is 9.28. The van der Waals surface area contributed by atoms with Crippen LogP contribution in [0.2, 0.25) is 5.02 Å². The number of halogens is 1. The fourth-order valence-electron chi connectivity index (χ4n) is 1.67. The van der Waals surface area contributed by atoms with Crippen LogP contribution in [0.4, 0.5) is 0 Å². The molecule has 0 saturated carbocycles. The second-order valence-electron chi connectivity index (χ2n) is 3.47. The monoisotopic (exact) mass is 207 g/mol. The number of aromatic amines is 1. The fourth-order valence-corrected chi connectivity index (χ4v) is 1.82. The van der Waals surface area contributed by atoms with Crippen molar-refractivity contribution >= 4 is 22.5 Å². The first-order chi connectivity index (χ1) is 6.59. The highest BCUT2D eigenvalue weighted by Gasteiger charge is 2.05. The van der Waals surface area contributed by atoms with Gasteiger partial charge in [-0.2, -0.15) is 0 Å². The quantitative estimate of drug-likeness (QED) is 0.708. The molecule has 0 unspecified atom stereocenters. The standard InChI is InChI=1S/C11H10ClNO/c1-6-3-7(2)10-8(4-6)11(14)9(12)5-13-10/h3-5H,1-2H3,(H,13,14). The number of rotatable bonds is 0. The molecule has 3 heteroatoms. The Morgan fingerprint density at radius 2 is 2.00 bits per heavy atom. The Morgan fingerprint density at radius 3 is 2.71 bits per heavy atom. The summed E-state index contributed by atoms with van der Waals surface area (Å²) >= 11 is 5.75. The van der Waals surface area contributed by atoms with Crippen LogP contribution >= 0.6 is 11.6 Å². The van der Waals surface area contributed by atoms with Crippen molar-refractivity contribution in [2.24, 2.45) is 0 Å². The van der Waals surface area contributed by atoms with Gasteiger partial charge in [-0.3, -0.25) is 4.79 Å². The predicted molar refractivity (Wildman–Crippen MR) is 59.1 cm³/mol. The largest absolute Gasteiger partial charge is 0.359 e. The van der Waals surface area contributed by atoms with Gasteiger partial charge in [-0.05, 0) is 31.0 Å². The van der Waals surface area contributed by atoms with Gasteiger partial charge in [-0.25, -0.2) is 0 Å². The molecule has 0 saturated heterocycles. The Balaban J connectivity index is 3.03. The van der Waals surface area contributed by atoms with Crippen molar-refractivity contribution in [3.63, 3.8) is 0 Å². The summed E-state index contributed by atoms with van der Waals surface area (Å²) in [5.41, 5.74) is 2.90. The van der Waals surface area contributed by atoms with Crippen LogP contribution in [-0.4, -0.2) is 4.98 Å². The lowest BCUT2D eigenvalue weighted by atomic mass is 10.1. The summed E-state index contributed by atoms with van der Waals surface area (Å²) in [5, 5.41) is 0.900. The predicted octanol–water partition coefficient (Wildman–Crippen LogP) is 2.80. The number of aromatic nitrogens is 1. The zero-order valence-electron chi connectivity index (χ0n) is 8.02. The van der Waals surface area contributed by atoms with Crippen molar-refractivity contribution in [2.75, 3.05) is 0 Å². The summed E-state index contributed by atoms with van der Waals surface area (Å²) < 4.78 is 0. The van der Waals surface area contributed by atoms with Crippen molar-refractivity contribution in [3.05, 3.63) is 44.7 Å². The fraction of sp³-hybridized carbons (Fsp3) is 0.182. The minimum absolute atomic E-state index is 0.104. The summed E-state index contributed by atoms with van der Waals surface area (Å²) in [4.78, 5) is 14.7. The molecule has 0 radical (unpaired) electrons. The van der Waals surface area contributed by atoms with E-state index in [0.717, 1.165) is 16.6 Å². The highest BCUT2D eigenvalue weighted by atomic mass is 35.5. The maximum Gasteiger partial charge on any atom is 0.207 e. The van der Waals surface area contributed by atoms with Gasteiger partial charge in [0.2, 0.25) is 5.43 Å². The number of pyridine rings is 1. The highest BCUT2D eigenvalue weighted by Crippen LogP contribution is 2.16. The summed E-state index contributed by atoms with van der Waals surface area (Å²) in [5.74, 6) is 0. The van der Waals surface area contributed by atoms with Crippen molar-refractivity contribution in [1.82, 2.24) is 4.98 Å². The Kier molecular flexibility index (Phi) is 2.08. The van der Waals surface area contributed by atoms with E-state index >= 15 is 0 Å².